The summed E-state index contributed by atoms with van der Waals surface area (Å²) >= 11 is 0. The summed E-state index contributed by atoms with van der Waals surface area (Å²) in [5, 5.41) is 6.69. The molecule has 0 saturated heterocycles. The van der Waals surface area contributed by atoms with Crippen molar-refractivity contribution in [3.63, 3.8) is 0 Å². The van der Waals surface area contributed by atoms with E-state index in [1.165, 1.54) is 37.8 Å². The molecule has 4 aromatic rings. The van der Waals surface area contributed by atoms with E-state index in [4.69, 9.17) is 0 Å². The third kappa shape index (κ3) is 1.15. The van der Waals surface area contributed by atoms with Gasteiger partial charge < -0.3 is 4.40 Å². The number of para-hydroxylation sites is 2. The van der Waals surface area contributed by atoms with Crippen molar-refractivity contribution in [2.24, 2.45) is 0 Å². The van der Waals surface area contributed by atoms with Gasteiger partial charge >= 0.3 is 0 Å². The highest BCUT2D eigenvalue weighted by Crippen LogP contribution is 2.29. The second-order valence-corrected chi connectivity index (χ2v) is 4.93. The van der Waals surface area contributed by atoms with Gasteiger partial charge in [-0.25, -0.2) is 0 Å². The molecular formula is C18H15N. The molecule has 1 nitrogen and oxygen atoms in total. The Morgan fingerprint density at radius 1 is 0.789 bits per heavy atom. The van der Waals surface area contributed by atoms with Gasteiger partial charge in [-0.2, -0.15) is 0 Å². The van der Waals surface area contributed by atoms with E-state index in [0.717, 1.165) is 0 Å². The fourth-order valence-electron chi connectivity index (χ4n) is 3.33. The normalized spacial score (nSPS) is 14.4. The van der Waals surface area contributed by atoms with Gasteiger partial charge in [-0.15, -0.1) is 0 Å². The zero-order valence-corrected chi connectivity index (χ0v) is 11.1. The van der Waals surface area contributed by atoms with Gasteiger partial charge in [-0.1, -0.05) is 48.6 Å². The molecule has 4 rings (SSSR count). The zero-order chi connectivity index (χ0) is 13.0. The summed E-state index contributed by atoms with van der Waals surface area (Å²) in [4.78, 5) is 0. The first-order chi connectivity index (χ1) is 9.36. The summed E-state index contributed by atoms with van der Waals surface area (Å²) in [5.41, 5.74) is 2.65. The highest BCUT2D eigenvalue weighted by Gasteiger charge is 2.13. The summed E-state index contributed by atoms with van der Waals surface area (Å²) in [6.45, 7) is 4.23. The van der Waals surface area contributed by atoms with Crippen LogP contribution < -0.4 is 10.6 Å². The standard InChI is InChI=1S/C18H15N/c1-3-12-14-9-7-10-15-13-8-5-6-11-17(13)19(18(14)15)16(12)4-2/h3-11H,1-2H3/b12-3-,16-4+. The lowest BCUT2D eigenvalue weighted by Crippen LogP contribution is -2.24. The highest BCUT2D eigenvalue weighted by molar-refractivity contribution is 6.14. The van der Waals surface area contributed by atoms with Crippen molar-refractivity contribution in [1.29, 1.82) is 0 Å². The molecule has 0 fully saturated rings. The molecule has 0 radical (unpaired) electrons. The van der Waals surface area contributed by atoms with Crippen LogP contribution in [0, 0.1) is 0 Å². The van der Waals surface area contributed by atoms with Crippen LogP contribution in [-0.2, 0) is 0 Å². The lowest BCUT2D eigenvalue weighted by molar-refractivity contribution is 1.21. The van der Waals surface area contributed by atoms with Crippen molar-refractivity contribution in [2.75, 3.05) is 0 Å². The Balaban J connectivity index is 2.57. The Morgan fingerprint density at radius 3 is 2.32 bits per heavy atom. The number of fused-ring (bicyclic) bond motifs is 3. The fourth-order valence-corrected chi connectivity index (χ4v) is 3.33. The fraction of sp³-hybridized carbons (Fsp3) is 0.111. The van der Waals surface area contributed by atoms with E-state index in [1.54, 1.807) is 0 Å². The van der Waals surface area contributed by atoms with Crippen LogP contribution in [0.5, 0.6) is 0 Å². The molecule has 19 heavy (non-hydrogen) atoms. The Bertz CT molecular complexity index is 1020. The number of hydrogen-bond donors (Lipinski definition) is 0. The topological polar surface area (TPSA) is 4.41 Å². The molecule has 0 spiro atoms. The number of nitrogens with zero attached hydrogens (tertiary/aromatic N) is 1. The second kappa shape index (κ2) is 3.61. The molecule has 0 aliphatic heterocycles. The number of hydrogen-bond acceptors (Lipinski definition) is 0. The van der Waals surface area contributed by atoms with Crippen molar-refractivity contribution in [2.45, 2.75) is 13.8 Å². The first-order valence-electron chi connectivity index (χ1n) is 6.72. The Morgan fingerprint density at radius 2 is 1.53 bits per heavy atom. The second-order valence-electron chi connectivity index (χ2n) is 4.93. The number of benzene rings is 2. The molecular weight excluding hydrogens is 230 g/mol. The van der Waals surface area contributed by atoms with E-state index in [1.807, 2.05) is 0 Å². The molecule has 1 heteroatoms. The maximum Gasteiger partial charge on any atom is 0.0620 e. The maximum absolute atomic E-state index is 2.40. The number of rotatable bonds is 0. The predicted molar refractivity (Wildman–Crippen MR) is 83.1 cm³/mol. The van der Waals surface area contributed by atoms with E-state index in [9.17, 15) is 0 Å². The summed E-state index contributed by atoms with van der Waals surface area (Å²) in [5.74, 6) is 0. The van der Waals surface area contributed by atoms with Crippen molar-refractivity contribution in [3.05, 3.63) is 53.0 Å². The van der Waals surface area contributed by atoms with Gasteiger partial charge in [0.1, 0.15) is 0 Å². The predicted octanol–water partition coefficient (Wildman–Crippen LogP) is 3.28. The molecule has 0 aliphatic carbocycles. The van der Waals surface area contributed by atoms with Crippen LogP contribution >= 0.6 is 0 Å². The first kappa shape index (κ1) is 10.6. The maximum atomic E-state index is 2.40. The largest absolute Gasteiger partial charge is 0.308 e. The average Bonchev–Trinajstić information content (AvgIpc) is 2.97. The molecule has 0 atom stereocenters. The van der Waals surface area contributed by atoms with Crippen molar-refractivity contribution in [1.82, 2.24) is 4.40 Å². The van der Waals surface area contributed by atoms with Crippen LogP contribution in [0.2, 0.25) is 0 Å². The Hall–Kier alpha value is -2.28. The van der Waals surface area contributed by atoms with Crippen molar-refractivity contribution < 1.29 is 0 Å². The molecule has 2 aromatic carbocycles. The van der Waals surface area contributed by atoms with Crippen LogP contribution in [0.1, 0.15) is 13.8 Å². The Labute approximate surface area is 111 Å². The van der Waals surface area contributed by atoms with E-state index >= 15 is 0 Å². The highest BCUT2D eigenvalue weighted by atomic mass is 14.9. The summed E-state index contributed by atoms with van der Waals surface area (Å²) in [7, 11) is 0. The lowest BCUT2D eigenvalue weighted by atomic mass is 10.1. The zero-order valence-electron chi connectivity index (χ0n) is 11.1. The van der Waals surface area contributed by atoms with E-state index in [0.29, 0.717) is 0 Å². The van der Waals surface area contributed by atoms with E-state index in [-0.39, 0.29) is 0 Å². The third-order valence-electron chi connectivity index (χ3n) is 4.06. The van der Waals surface area contributed by atoms with Crippen LogP contribution in [0.15, 0.2) is 42.5 Å². The third-order valence-corrected chi connectivity index (χ3v) is 4.06. The molecule has 0 aliphatic rings. The van der Waals surface area contributed by atoms with Crippen molar-refractivity contribution >= 4 is 39.3 Å². The van der Waals surface area contributed by atoms with Crippen molar-refractivity contribution in [3.8, 4) is 0 Å². The van der Waals surface area contributed by atoms with Gasteiger partial charge in [0, 0.05) is 26.7 Å². The molecule has 2 heterocycles. The van der Waals surface area contributed by atoms with Crippen LogP contribution in [0.25, 0.3) is 39.3 Å². The quantitative estimate of drug-likeness (QED) is 0.448. The molecule has 0 saturated carbocycles. The van der Waals surface area contributed by atoms with Crippen LogP contribution in [-0.4, -0.2) is 4.40 Å². The molecule has 0 unspecified atom stereocenters. The lowest BCUT2D eigenvalue weighted by Gasteiger charge is -1.92. The summed E-state index contributed by atoms with van der Waals surface area (Å²) < 4.78 is 2.40. The van der Waals surface area contributed by atoms with Gasteiger partial charge in [0.2, 0.25) is 0 Å². The monoisotopic (exact) mass is 245 g/mol. The minimum atomic E-state index is 1.30. The van der Waals surface area contributed by atoms with Gasteiger partial charge in [0.05, 0.1) is 11.0 Å². The minimum absolute atomic E-state index is 1.30. The summed E-state index contributed by atoms with van der Waals surface area (Å²) in [6.07, 6.45) is 4.42. The average molecular weight is 245 g/mol. The van der Waals surface area contributed by atoms with Crippen LogP contribution in [0.3, 0.4) is 0 Å². The molecule has 92 valence electrons. The molecule has 0 N–H and O–H groups in total. The minimum Gasteiger partial charge on any atom is -0.308 e. The Kier molecular flexibility index (Phi) is 2.02. The van der Waals surface area contributed by atoms with Gasteiger partial charge in [0.15, 0.2) is 0 Å². The van der Waals surface area contributed by atoms with E-state index in [2.05, 4.69) is 72.9 Å². The van der Waals surface area contributed by atoms with Gasteiger partial charge in [-0.3, -0.25) is 0 Å². The first-order valence-corrected chi connectivity index (χ1v) is 6.72. The van der Waals surface area contributed by atoms with E-state index < -0.39 is 0 Å². The van der Waals surface area contributed by atoms with Crippen LogP contribution in [0.4, 0.5) is 0 Å². The summed E-state index contributed by atoms with van der Waals surface area (Å²) in [6, 6.07) is 15.3. The van der Waals surface area contributed by atoms with Gasteiger partial charge in [-0.05, 0) is 19.9 Å². The smallest absolute Gasteiger partial charge is 0.0620 e. The SMILES string of the molecule is C/C=c1\c(=C/C)n2c3ccccc3c3cccc1c32. The molecule has 2 aromatic heterocycles. The van der Waals surface area contributed by atoms with Gasteiger partial charge in [0.25, 0.3) is 0 Å². The molecule has 0 bridgehead atoms. The number of aromatic nitrogens is 1. The molecule has 0 amide bonds.